The van der Waals surface area contributed by atoms with Gasteiger partial charge in [-0.25, -0.2) is 0 Å². The SMILES string of the molecule is COc1ccccc1-c1nnc2ccc(-c3ccc(O)c(C)c3)cn12. The van der Waals surface area contributed by atoms with E-state index in [0.717, 1.165) is 39.5 Å². The molecule has 0 amide bonds. The van der Waals surface area contributed by atoms with Gasteiger partial charge in [0.05, 0.1) is 12.7 Å². The van der Waals surface area contributed by atoms with Crippen molar-refractivity contribution in [2.24, 2.45) is 0 Å². The van der Waals surface area contributed by atoms with Crippen LogP contribution >= 0.6 is 0 Å². The van der Waals surface area contributed by atoms with Crippen LogP contribution in [0.25, 0.3) is 28.2 Å². The molecule has 2 aromatic carbocycles. The molecule has 0 saturated heterocycles. The standard InChI is InChI=1S/C20H17N3O2/c1-13-11-14(7-9-17(13)24)15-8-10-19-21-22-20(23(19)12-15)16-5-3-4-6-18(16)25-2/h3-12,24H,1-2H3. The van der Waals surface area contributed by atoms with E-state index in [1.807, 2.05) is 66.1 Å². The van der Waals surface area contributed by atoms with Gasteiger partial charge in [-0.15, -0.1) is 10.2 Å². The minimum absolute atomic E-state index is 0.295. The first kappa shape index (κ1) is 15.2. The first-order chi connectivity index (χ1) is 12.2. The van der Waals surface area contributed by atoms with Gasteiger partial charge in [0.25, 0.3) is 0 Å². The van der Waals surface area contributed by atoms with E-state index in [4.69, 9.17) is 4.74 Å². The number of hydrogen-bond acceptors (Lipinski definition) is 4. The summed E-state index contributed by atoms with van der Waals surface area (Å²) < 4.78 is 7.41. The number of aromatic nitrogens is 3. The summed E-state index contributed by atoms with van der Waals surface area (Å²) in [7, 11) is 1.65. The zero-order valence-corrected chi connectivity index (χ0v) is 14.0. The van der Waals surface area contributed by atoms with Gasteiger partial charge in [-0.1, -0.05) is 18.2 Å². The number of phenolic OH excluding ortho intramolecular Hbond substituents is 1. The average Bonchev–Trinajstić information content (AvgIpc) is 3.07. The molecule has 25 heavy (non-hydrogen) atoms. The number of pyridine rings is 1. The Morgan fingerprint density at radius 2 is 1.76 bits per heavy atom. The van der Waals surface area contributed by atoms with E-state index < -0.39 is 0 Å². The Kier molecular flexibility index (Phi) is 3.61. The number of fused-ring (bicyclic) bond motifs is 1. The number of hydrogen-bond donors (Lipinski definition) is 1. The van der Waals surface area contributed by atoms with Crippen LogP contribution in [0.5, 0.6) is 11.5 Å². The maximum Gasteiger partial charge on any atom is 0.172 e. The Bertz CT molecular complexity index is 1070. The molecule has 0 aliphatic rings. The van der Waals surface area contributed by atoms with Crippen molar-refractivity contribution in [1.29, 1.82) is 0 Å². The second-order valence-electron chi connectivity index (χ2n) is 5.87. The van der Waals surface area contributed by atoms with Crippen molar-refractivity contribution in [3.05, 3.63) is 66.4 Å². The molecule has 5 nitrogen and oxygen atoms in total. The minimum atomic E-state index is 0.295. The number of aromatic hydroxyl groups is 1. The highest BCUT2D eigenvalue weighted by Crippen LogP contribution is 2.30. The molecule has 0 fully saturated rings. The fourth-order valence-electron chi connectivity index (χ4n) is 2.91. The topological polar surface area (TPSA) is 59.7 Å². The number of methoxy groups -OCH3 is 1. The lowest BCUT2D eigenvalue weighted by atomic mass is 10.0. The molecule has 0 radical (unpaired) electrons. The number of benzene rings is 2. The number of phenols is 1. The predicted molar refractivity (Wildman–Crippen MR) is 96.8 cm³/mol. The largest absolute Gasteiger partial charge is 0.508 e. The van der Waals surface area contributed by atoms with Gasteiger partial charge in [0.15, 0.2) is 11.5 Å². The van der Waals surface area contributed by atoms with Crippen LogP contribution in [-0.2, 0) is 0 Å². The second-order valence-corrected chi connectivity index (χ2v) is 5.87. The minimum Gasteiger partial charge on any atom is -0.508 e. The maximum absolute atomic E-state index is 9.74. The normalized spacial score (nSPS) is 11.0. The summed E-state index contributed by atoms with van der Waals surface area (Å²) in [5, 5.41) is 18.3. The van der Waals surface area contributed by atoms with Crippen LogP contribution in [0, 0.1) is 6.92 Å². The summed E-state index contributed by atoms with van der Waals surface area (Å²) in [6.07, 6.45) is 2.00. The fraction of sp³-hybridized carbons (Fsp3) is 0.100. The third kappa shape index (κ3) is 2.59. The molecule has 0 saturated carbocycles. The molecule has 0 aliphatic carbocycles. The summed E-state index contributed by atoms with van der Waals surface area (Å²) in [6, 6.07) is 17.3. The van der Waals surface area contributed by atoms with Crippen LogP contribution in [0.3, 0.4) is 0 Å². The molecule has 5 heteroatoms. The molecule has 0 unspecified atom stereocenters. The number of aryl methyl sites for hydroxylation is 1. The van der Waals surface area contributed by atoms with E-state index in [2.05, 4.69) is 10.2 Å². The van der Waals surface area contributed by atoms with Crippen LogP contribution in [-0.4, -0.2) is 26.8 Å². The Morgan fingerprint density at radius 3 is 2.56 bits per heavy atom. The van der Waals surface area contributed by atoms with Gasteiger partial charge in [0.2, 0.25) is 0 Å². The van der Waals surface area contributed by atoms with Gasteiger partial charge >= 0.3 is 0 Å². The summed E-state index contributed by atoms with van der Waals surface area (Å²) in [5.74, 6) is 1.77. The van der Waals surface area contributed by atoms with Gasteiger partial charge in [-0.2, -0.15) is 0 Å². The van der Waals surface area contributed by atoms with Gasteiger partial charge < -0.3 is 9.84 Å². The first-order valence-corrected chi connectivity index (χ1v) is 7.95. The van der Waals surface area contributed by atoms with E-state index in [1.165, 1.54) is 0 Å². The van der Waals surface area contributed by atoms with Crippen LogP contribution in [0.2, 0.25) is 0 Å². The Labute approximate surface area is 145 Å². The predicted octanol–water partition coefficient (Wildman–Crippen LogP) is 4.09. The number of para-hydroxylation sites is 1. The molecular formula is C20H17N3O2. The molecule has 0 atom stereocenters. The molecule has 4 rings (SSSR count). The molecule has 2 aromatic heterocycles. The lowest BCUT2D eigenvalue weighted by Crippen LogP contribution is -1.94. The third-order valence-corrected chi connectivity index (χ3v) is 4.28. The summed E-state index contributed by atoms with van der Waals surface area (Å²) in [6.45, 7) is 1.89. The highest BCUT2D eigenvalue weighted by atomic mass is 16.5. The molecule has 1 N–H and O–H groups in total. The highest BCUT2D eigenvalue weighted by molar-refractivity contribution is 5.70. The van der Waals surface area contributed by atoms with Crippen molar-refractivity contribution in [3.63, 3.8) is 0 Å². The van der Waals surface area contributed by atoms with E-state index >= 15 is 0 Å². The van der Waals surface area contributed by atoms with Crippen molar-refractivity contribution in [2.45, 2.75) is 6.92 Å². The van der Waals surface area contributed by atoms with Crippen molar-refractivity contribution < 1.29 is 9.84 Å². The van der Waals surface area contributed by atoms with Crippen LogP contribution in [0.4, 0.5) is 0 Å². The summed E-state index contributed by atoms with van der Waals surface area (Å²) in [5.41, 5.74) is 4.53. The maximum atomic E-state index is 9.74. The number of rotatable bonds is 3. The molecular weight excluding hydrogens is 314 g/mol. The van der Waals surface area contributed by atoms with Crippen molar-refractivity contribution in [1.82, 2.24) is 14.6 Å². The van der Waals surface area contributed by atoms with Gasteiger partial charge in [-0.3, -0.25) is 4.40 Å². The zero-order chi connectivity index (χ0) is 17.4. The van der Waals surface area contributed by atoms with E-state index in [1.54, 1.807) is 13.2 Å². The summed E-state index contributed by atoms with van der Waals surface area (Å²) in [4.78, 5) is 0. The van der Waals surface area contributed by atoms with Crippen LogP contribution in [0.15, 0.2) is 60.8 Å². The third-order valence-electron chi connectivity index (χ3n) is 4.28. The van der Waals surface area contributed by atoms with E-state index in [-0.39, 0.29) is 0 Å². The molecule has 124 valence electrons. The van der Waals surface area contributed by atoms with Gasteiger partial charge in [0, 0.05) is 6.20 Å². The van der Waals surface area contributed by atoms with Gasteiger partial charge in [0.1, 0.15) is 11.5 Å². The Balaban J connectivity index is 1.89. The Morgan fingerprint density at radius 1 is 0.960 bits per heavy atom. The first-order valence-electron chi connectivity index (χ1n) is 7.95. The van der Waals surface area contributed by atoms with E-state index in [9.17, 15) is 5.11 Å². The molecule has 0 spiro atoms. The van der Waals surface area contributed by atoms with E-state index in [0.29, 0.717) is 5.75 Å². The van der Waals surface area contributed by atoms with Crippen molar-refractivity contribution >= 4 is 5.65 Å². The lowest BCUT2D eigenvalue weighted by Gasteiger charge is -2.08. The number of nitrogens with zero attached hydrogens (tertiary/aromatic N) is 3. The Hall–Kier alpha value is -3.34. The fourth-order valence-corrected chi connectivity index (χ4v) is 2.91. The lowest BCUT2D eigenvalue weighted by molar-refractivity contribution is 0.416. The van der Waals surface area contributed by atoms with Crippen LogP contribution < -0.4 is 4.74 Å². The smallest absolute Gasteiger partial charge is 0.172 e. The molecule has 0 aliphatic heterocycles. The molecule has 2 heterocycles. The molecule has 4 aromatic rings. The quantitative estimate of drug-likeness (QED) is 0.614. The summed E-state index contributed by atoms with van der Waals surface area (Å²) >= 11 is 0. The molecule has 0 bridgehead atoms. The average molecular weight is 331 g/mol. The second kappa shape index (κ2) is 5.94. The highest BCUT2D eigenvalue weighted by Gasteiger charge is 2.13. The zero-order valence-electron chi connectivity index (χ0n) is 14.0. The van der Waals surface area contributed by atoms with Gasteiger partial charge in [-0.05, 0) is 60.0 Å². The number of ether oxygens (including phenoxy) is 1. The van der Waals surface area contributed by atoms with Crippen LogP contribution in [0.1, 0.15) is 5.56 Å². The van der Waals surface area contributed by atoms with Crippen molar-refractivity contribution in [2.75, 3.05) is 7.11 Å². The van der Waals surface area contributed by atoms with Crippen molar-refractivity contribution in [3.8, 4) is 34.0 Å². The monoisotopic (exact) mass is 331 g/mol.